The predicted octanol–water partition coefficient (Wildman–Crippen LogP) is 16.3. The van der Waals surface area contributed by atoms with E-state index in [0.29, 0.717) is 19.4 Å². The molecule has 4 N–H and O–H groups in total. The van der Waals surface area contributed by atoms with Gasteiger partial charge in [-0.25, -0.2) is 4.79 Å². The van der Waals surface area contributed by atoms with E-state index in [1.54, 1.807) is 6.08 Å². The Morgan fingerprint density at radius 1 is 0.519 bits per heavy atom. The molecule has 0 saturated carbocycles. The fraction of sp³-hybridized carbons (Fsp3) is 0.833. The molecule has 4 atom stereocenters. The molecule has 450 valence electrons. The van der Waals surface area contributed by atoms with Crippen LogP contribution in [0.2, 0.25) is 0 Å². The van der Waals surface area contributed by atoms with Gasteiger partial charge in [-0.1, -0.05) is 277 Å². The molecule has 0 aliphatic carbocycles. The molecule has 11 heteroatoms. The van der Waals surface area contributed by atoms with Crippen LogP contribution >= 0.6 is 0 Å². The lowest BCUT2D eigenvalue weighted by molar-refractivity contribution is -0.165. The second-order valence-electron chi connectivity index (χ2n) is 22.6. The fourth-order valence-corrected chi connectivity index (χ4v) is 9.78. The topological polar surface area (TPSA) is 169 Å². The molecule has 0 fully saturated rings. The first-order valence-electron chi connectivity index (χ1n) is 31.9. The number of benzene rings is 1. The van der Waals surface area contributed by atoms with Crippen molar-refractivity contribution < 1.29 is 53.8 Å². The molecule has 0 spiro atoms. The van der Waals surface area contributed by atoms with Crippen LogP contribution in [-0.4, -0.2) is 90.7 Å². The van der Waals surface area contributed by atoms with Crippen LogP contribution in [0.1, 0.15) is 290 Å². The number of carbonyl (C=O) groups excluding carboxylic acids is 3. The number of aryl methyl sites for hydroxylation is 1. The van der Waals surface area contributed by atoms with E-state index in [1.807, 2.05) is 24.3 Å². The number of aliphatic hydroxyl groups is 4. The number of ether oxygens (including phenoxy) is 4. The molecule has 0 heterocycles. The predicted molar refractivity (Wildman–Crippen MR) is 318 cm³/mol. The molecule has 0 bridgehead atoms. The van der Waals surface area contributed by atoms with Crippen LogP contribution in [0, 0.1) is 17.8 Å². The Bertz CT molecular complexity index is 1500. The molecular formula is C66H120O11. The van der Waals surface area contributed by atoms with Crippen LogP contribution in [0.15, 0.2) is 30.0 Å². The van der Waals surface area contributed by atoms with Gasteiger partial charge in [0.05, 0.1) is 32.7 Å². The van der Waals surface area contributed by atoms with E-state index < -0.39 is 55.9 Å². The average Bonchev–Trinajstić information content (AvgIpc) is 3.43. The standard InChI is InChI=1S/C46H78O10.C20H42O/c1-5-6-7-8-19-22-25-38-27-29-39(30-28-38)31-43(53-4)46(52)56-42(34-48)36-55-45(51)40(32-44(50)54-35-41(49)33-47)26-23-20-17-15-13-11-9-10-12-14-16-18-21-24-37(2)3;1-3-5-7-9-11-13-15-17-20(18-19-21)16-14-12-10-8-6-4-2/h27-31,37,40-42,47-49H,5-26,32-36H2,1-4H3;20-21H,3-19H2,1-2H3. The summed E-state index contributed by atoms with van der Waals surface area (Å²) < 4.78 is 21.2. The summed E-state index contributed by atoms with van der Waals surface area (Å²) in [5.41, 5.74) is 1.98. The quantitative estimate of drug-likeness (QED) is 0.0161. The lowest BCUT2D eigenvalue weighted by atomic mass is 9.92. The van der Waals surface area contributed by atoms with E-state index in [4.69, 9.17) is 24.1 Å². The zero-order valence-electron chi connectivity index (χ0n) is 50.5. The summed E-state index contributed by atoms with van der Waals surface area (Å²) >= 11 is 0. The summed E-state index contributed by atoms with van der Waals surface area (Å²) in [6.07, 6.45) is 46.5. The Balaban J connectivity index is 0.00000230. The molecule has 0 aliphatic heterocycles. The first-order chi connectivity index (χ1) is 37.5. The summed E-state index contributed by atoms with van der Waals surface area (Å²) in [6.45, 7) is 9.81. The highest BCUT2D eigenvalue weighted by Gasteiger charge is 2.27. The van der Waals surface area contributed by atoms with Gasteiger partial charge in [0.1, 0.15) is 19.3 Å². The van der Waals surface area contributed by atoms with Gasteiger partial charge in [-0.15, -0.1) is 0 Å². The molecule has 1 rings (SSSR count). The SMILES string of the molecule is CCCCCCCCCC(CCO)CCCCCCCC.CCCCCCCCc1ccc(C=C(OC)C(=O)OC(CO)COC(=O)C(CCCCCCCCCCCCCCCC(C)C)CC(=O)OCC(O)CO)cc1. The minimum absolute atomic E-state index is 0.0629. The zero-order chi connectivity index (χ0) is 56.8. The molecule has 4 unspecified atom stereocenters. The van der Waals surface area contributed by atoms with Gasteiger partial charge in [0, 0.05) is 6.61 Å². The van der Waals surface area contributed by atoms with Gasteiger partial charge < -0.3 is 39.4 Å². The molecule has 0 aliphatic rings. The van der Waals surface area contributed by atoms with Gasteiger partial charge in [0.2, 0.25) is 5.76 Å². The molecule has 0 aromatic heterocycles. The van der Waals surface area contributed by atoms with E-state index in [1.165, 1.54) is 205 Å². The Morgan fingerprint density at radius 3 is 1.39 bits per heavy atom. The average molecular weight is 1090 g/mol. The Labute approximate surface area is 472 Å². The zero-order valence-corrected chi connectivity index (χ0v) is 50.5. The van der Waals surface area contributed by atoms with Crippen molar-refractivity contribution in [2.75, 3.05) is 40.1 Å². The highest BCUT2D eigenvalue weighted by molar-refractivity contribution is 5.91. The second-order valence-corrected chi connectivity index (χ2v) is 22.6. The first kappa shape index (κ1) is 74.0. The van der Waals surface area contributed by atoms with Crippen LogP contribution in [0.3, 0.4) is 0 Å². The third kappa shape index (κ3) is 46.5. The molecule has 0 saturated heterocycles. The van der Waals surface area contributed by atoms with Crippen molar-refractivity contribution in [3.8, 4) is 0 Å². The molecule has 1 aromatic carbocycles. The van der Waals surface area contributed by atoms with Crippen molar-refractivity contribution in [3.63, 3.8) is 0 Å². The van der Waals surface area contributed by atoms with E-state index in [2.05, 4.69) is 34.6 Å². The second kappa shape index (κ2) is 54.9. The molecule has 1 aromatic rings. The smallest absolute Gasteiger partial charge is 0.374 e. The summed E-state index contributed by atoms with van der Waals surface area (Å²) in [4.78, 5) is 38.6. The number of carbonyl (C=O) groups is 3. The number of hydrogen-bond acceptors (Lipinski definition) is 11. The number of aliphatic hydroxyl groups excluding tert-OH is 4. The van der Waals surface area contributed by atoms with Gasteiger partial charge in [-0.2, -0.15) is 0 Å². The minimum atomic E-state index is -1.20. The van der Waals surface area contributed by atoms with Gasteiger partial charge in [-0.3, -0.25) is 9.59 Å². The number of methoxy groups -OCH3 is 1. The summed E-state index contributed by atoms with van der Waals surface area (Å²) in [7, 11) is 1.36. The van der Waals surface area contributed by atoms with E-state index in [0.717, 1.165) is 55.9 Å². The maximum Gasteiger partial charge on any atom is 0.374 e. The fourth-order valence-electron chi connectivity index (χ4n) is 9.78. The van der Waals surface area contributed by atoms with Gasteiger partial charge in [0.15, 0.2) is 6.10 Å². The number of unbranched alkanes of at least 4 members (excludes halogenated alkanes) is 28. The van der Waals surface area contributed by atoms with Crippen molar-refractivity contribution in [1.82, 2.24) is 0 Å². The summed E-state index contributed by atoms with van der Waals surface area (Å²) in [5.74, 6) is -1.45. The van der Waals surface area contributed by atoms with Crippen LogP contribution < -0.4 is 0 Å². The van der Waals surface area contributed by atoms with Crippen molar-refractivity contribution in [3.05, 3.63) is 41.2 Å². The Kier molecular flexibility index (Phi) is 52.8. The number of rotatable bonds is 53. The monoisotopic (exact) mass is 1090 g/mol. The van der Waals surface area contributed by atoms with Crippen molar-refractivity contribution in [2.24, 2.45) is 17.8 Å². The van der Waals surface area contributed by atoms with Gasteiger partial charge in [-0.05, 0) is 54.7 Å². The normalized spacial score (nSPS) is 13.2. The van der Waals surface area contributed by atoms with E-state index >= 15 is 0 Å². The molecule has 0 radical (unpaired) electrons. The lowest BCUT2D eigenvalue weighted by Crippen LogP contribution is -2.32. The minimum Gasteiger partial charge on any atom is -0.490 e. The third-order valence-electron chi connectivity index (χ3n) is 14.9. The van der Waals surface area contributed by atoms with Crippen molar-refractivity contribution in [2.45, 2.75) is 297 Å². The van der Waals surface area contributed by atoms with Crippen LogP contribution in [0.25, 0.3) is 6.08 Å². The van der Waals surface area contributed by atoms with Crippen molar-refractivity contribution in [1.29, 1.82) is 0 Å². The largest absolute Gasteiger partial charge is 0.490 e. The molecule has 77 heavy (non-hydrogen) atoms. The van der Waals surface area contributed by atoms with Crippen LogP contribution in [0.5, 0.6) is 0 Å². The Hall–Kier alpha value is -2.99. The number of hydrogen-bond donors (Lipinski definition) is 4. The third-order valence-corrected chi connectivity index (χ3v) is 14.9. The van der Waals surface area contributed by atoms with Crippen LogP contribution in [-0.2, 0) is 39.8 Å². The maximum atomic E-state index is 13.2. The highest BCUT2D eigenvalue weighted by Crippen LogP contribution is 2.23. The van der Waals surface area contributed by atoms with Crippen molar-refractivity contribution >= 4 is 24.0 Å². The van der Waals surface area contributed by atoms with Gasteiger partial charge >= 0.3 is 17.9 Å². The molecule has 0 amide bonds. The lowest BCUT2D eigenvalue weighted by Gasteiger charge is -2.19. The van der Waals surface area contributed by atoms with E-state index in [-0.39, 0.29) is 18.8 Å². The van der Waals surface area contributed by atoms with E-state index in [9.17, 15) is 29.7 Å². The Morgan fingerprint density at radius 2 is 0.961 bits per heavy atom. The first-order valence-corrected chi connectivity index (χ1v) is 31.9. The maximum absolute atomic E-state index is 13.2. The van der Waals surface area contributed by atoms with Gasteiger partial charge in [0.25, 0.3) is 0 Å². The summed E-state index contributed by atoms with van der Waals surface area (Å²) in [6, 6.07) is 7.90. The number of esters is 3. The molecular weight excluding hydrogens is 969 g/mol. The summed E-state index contributed by atoms with van der Waals surface area (Å²) in [5, 5.41) is 37.7. The highest BCUT2D eigenvalue weighted by atomic mass is 16.6. The molecule has 11 nitrogen and oxygen atoms in total. The van der Waals surface area contributed by atoms with Crippen LogP contribution in [0.4, 0.5) is 0 Å².